The van der Waals surface area contributed by atoms with Crippen LogP contribution in [0.15, 0.2) is 61.7 Å². The molecule has 340 valence electrons. The van der Waals surface area contributed by atoms with Crippen LogP contribution < -0.4 is 26.8 Å². The summed E-state index contributed by atoms with van der Waals surface area (Å²) in [6.45, 7) is 3.31. The standard InChI is InChI=1S/C21H21Cl2N7O2.C16H15Cl2N5O2.C5H7ClN2/c22-15-8-16(23)18(32-6-5-29-4-3-25-11-29)7-13(15)19-14-9-30(21(31)26-12-1-2-12)10-17(14)27-20(24)28-19;17-10-4-11(18)13(24)3-8(10)14-9-5-23(16(25)20-7-1-2-7)6-12(9)21-15(19)22-14;6-1-3-8-4-2-7-5-8/h3-4,7-8,11-12H,1-2,5-6,9-10H2,(H,26,31)(H2,24,27,28);3-4,7,24H,1-2,5-6H2,(H,20,25)(H2,19,21,22);2,4-5H,1,3H2. The quantitative estimate of drug-likeness (QED) is 0.0838. The molecule has 2 saturated carbocycles. The average Bonchev–Trinajstić information content (AvgIpc) is 3.93. The van der Waals surface area contributed by atoms with Crippen molar-refractivity contribution in [3.05, 3.63) is 104 Å². The van der Waals surface area contributed by atoms with E-state index < -0.39 is 0 Å². The summed E-state index contributed by atoms with van der Waals surface area (Å²) in [5.41, 5.74) is 17.0. The number of imidazole rings is 2. The molecule has 7 N–H and O–H groups in total. The van der Waals surface area contributed by atoms with Crippen LogP contribution >= 0.6 is 58.0 Å². The number of anilines is 2. The predicted octanol–water partition coefficient (Wildman–Crippen LogP) is 7.54. The minimum Gasteiger partial charge on any atom is -0.506 e. The minimum absolute atomic E-state index is 0.0868. The van der Waals surface area contributed by atoms with Gasteiger partial charge in [0, 0.05) is 71.5 Å². The van der Waals surface area contributed by atoms with E-state index in [4.69, 9.17) is 74.2 Å². The number of aromatic hydroxyl groups is 1. The molecule has 4 aliphatic rings. The first-order chi connectivity index (χ1) is 31.3. The third-order valence-electron chi connectivity index (χ3n) is 10.6. The number of carbonyl (C=O) groups is 2. The lowest BCUT2D eigenvalue weighted by molar-refractivity contribution is 0.197. The molecule has 10 rings (SSSR count). The van der Waals surface area contributed by atoms with E-state index in [1.54, 1.807) is 47.0 Å². The highest BCUT2D eigenvalue weighted by Gasteiger charge is 2.34. The number of ether oxygens (including phenoxy) is 1. The number of nitrogens with one attached hydrogen (secondary N) is 2. The molecule has 23 heteroatoms. The molecule has 0 spiro atoms. The number of hydrogen-bond donors (Lipinski definition) is 5. The molecule has 6 heterocycles. The Balaban J connectivity index is 0.000000155. The maximum Gasteiger partial charge on any atom is 0.318 e. The molecule has 0 atom stereocenters. The molecular weight excluding hydrogens is 942 g/mol. The van der Waals surface area contributed by atoms with Crippen LogP contribution in [0.1, 0.15) is 48.2 Å². The number of alkyl halides is 1. The van der Waals surface area contributed by atoms with Crippen molar-refractivity contribution in [3.8, 4) is 34.0 Å². The van der Waals surface area contributed by atoms with Crippen molar-refractivity contribution in [1.82, 2.24) is 59.5 Å². The number of nitrogens with two attached hydrogens (primary N) is 2. The molecule has 2 aromatic carbocycles. The summed E-state index contributed by atoms with van der Waals surface area (Å²) in [5, 5.41) is 17.2. The average molecular weight is 985 g/mol. The molecule has 0 radical (unpaired) electrons. The van der Waals surface area contributed by atoms with Crippen molar-refractivity contribution >= 4 is 82.0 Å². The van der Waals surface area contributed by atoms with Crippen LogP contribution in [-0.2, 0) is 39.3 Å². The van der Waals surface area contributed by atoms with Gasteiger partial charge in [0.2, 0.25) is 11.9 Å². The summed E-state index contributed by atoms with van der Waals surface area (Å²) in [6, 6.07) is 6.58. The van der Waals surface area contributed by atoms with Gasteiger partial charge < -0.3 is 50.9 Å². The SMILES string of the molecule is ClCCn1ccnc1.Nc1nc2c(c(-c3cc(O)c(Cl)cc3Cl)n1)CN(C(=O)NC1CC1)C2.Nc1nc2c(c(-c3cc(OCCn4ccnc4)c(Cl)cc3Cl)n1)CN(C(=O)NC1CC1)C2. The summed E-state index contributed by atoms with van der Waals surface area (Å²) in [5.74, 6) is 1.24. The van der Waals surface area contributed by atoms with E-state index in [-0.39, 0.29) is 46.8 Å². The number of aryl methyl sites for hydroxylation is 1. The maximum absolute atomic E-state index is 12.5. The lowest BCUT2D eigenvalue weighted by Gasteiger charge is -2.16. The maximum atomic E-state index is 12.5. The topological polar surface area (TPSA) is 233 Å². The Bertz CT molecular complexity index is 2680. The molecule has 2 fully saturated rings. The largest absolute Gasteiger partial charge is 0.506 e. The summed E-state index contributed by atoms with van der Waals surface area (Å²) in [7, 11) is 0. The normalized spacial score (nSPS) is 14.7. The molecule has 18 nitrogen and oxygen atoms in total. The second-order valence-corrected chi connectivity index (χ2v) is 17.6. The van der Waals surface area contributed by atoms with Crippen LogP contribution in [0, 0.1) is 0 Å². The van der Waals surface area contributed by atoms with E-state index in [0.29, 0.717) is 99.9 Å². The molecular formula is C42H43Cl5N14O4. The Hall–Kier alpha value is -5.79. The molecule has 2 aliphatic heterocycles. The van der Waals surface area contributed by atoms with Gasteiger partial charge in [-0.2, -0.15) is 0 Å². The first-order valence-electron chi connectivity index (χ1n) is 20.5. The number of phenols is 1. The number of urea groups is 2. The Morgan fingerprint density at radius 2 is 1.17 bits per heavy atom. The third kappa shape index (κ3) is 11.4. The molecule has 65 heavy (non-hydrogen) atoms. The van der Waals surface area contributed by atoms with Crippen LogP contribution in [0.4, 0.5) is 21.5 Å². The number of benzene rings is 2. The fourth-order valence-electron chi connectivity index (χ4n) is 7.00. The van der Waals surface area contributed by atoms with Gasteiger partial charge in [0.1, 0.15) is 18.1 Å². The fourth-order valence-corrected chi connectivity index (χ4v) is 8.20. The number of amides is 4. The number of nitrogen functional groups attached to an aromatic ring is 2. The van der Waals surface area contributed by atoms with Gasteiger partial charge in [0.05, 0.1) is 88.2 Å². The molecule has 0 unspecified atom stereocenters. The summed E-state index contributed by atoms with van der Waals surface area (Å²) < 4.78 is 9.74. The molecule has 0 saturated heterocycles. The number of halogens is 5. The number of phenolic OH excluding ortho intramolecular Hbond substituents is 1. The second kappa shape index (κ2) is 20.2. The number of carbonyl (C=O) groups excluding carboxylic acids is 2. The van der Waals surface area contributed by atoms with Crippen molar-refractivity contribution < 1.29 is 19.4 Å². The van der Waals surface area contributed by atoms with E-state index in [0.717, 1.165) is 43.4 Å². The highest BCUT2D eigenvalue weighted by atomic mass is 35.5. The first-order valence-corrected chi connectivity index (χ1v) is 22.6. The number of hydrogen-bond acceptors (Lipinski definition) is 12. The van der Waals surface area contributed by atoms with E-state index in [9.17, 15) is 14.7 Å². The van der Waals surface area contributed by atoms with Crippen molar-refractivity contribution in [1.29, 1.82) is 0 Å². The third-order valence-corrected chi connectivity index (χ3v) is 12.0. The summed E-state index contributed by atoms with van der Waals surface area (Å²) in [6.07, 6.45) is 14.8. The van der Waals surface area contributed by atoms with Crippen molar-refractivity contribution in [2.24, 2.45) is 0 Å². The zero-order valence-electron chi connectivity index (χ0n) is 34.6. The van der Waals surface area contributed by atoms with Gasteiger partial charge >= 0.3 is 12.1 Å². The van der Waals surface area contributed by atoms with Crippen LogP contribution in [0.2, 0.25) is 20.1 Å². The van der Waals surface area contributed by atoms with Gasteiger partial charge in [-0.25, -0.2) is 39.5 Å². The molecule has 0 bridgehead atoms. The van der Waals surface area contributed by atoms with E-state index in [1.165, 1.54) is 12.1 Å². The van der Waals surface area contributed by atoms with Crippen LogP contribution in [0.25, 0.3) is 22.5 Å². The Kier molecular flexibility index (Phi) is 14.2. The predicted molar refractivity (Wildman–Crippen MR) is 248 cm³/mol. The van der Waals surface area contributed by atoms with Gasteiger partial charge in [0.25, 0.3) is 0 Å². The van der Waals surface area contributed by atoms with Crippen LogP contribution in [-0.4, -0.2) is 90.6 Å². The molecule has 2 aliphatic carbocycles. The molecule has 6 aromatic rings. The van der Waals surface area contributed by atoms with E-state index in [2.05, 4.69) is 40.5 Å². The highest BCUT2D eigenvalue weighted by molar-refractivity contribution is 6.38. The van der Waals surface area contributed by atoms with Gasteiger partial charge in [0.15, 0.2) is 0 Å². The highest BCUT2D eigenvalue weighted by Crippen LogP contribution is 2.41. The summed E-state index contributed by atoms with van der Waals surface area (Å²) in [4.78, 5) is 53.4. The van der Waals surface area contributed by atoms with E-state index >= 15 is 0 Å². The van der Waals surface area contributed by atoms with E-state index in [1.807, 2.05) is 21.5 Å². The first kappa shape index (κ1) is 45.8. The van der Waals surface area contributed by atoms with Crippen molar-refractivity contribution in [2.75, 3.05) is 24.0 Å². The monoisotopic (exact) mass is 982 g/mol. The van der Waals surface area contributed by atoms with Gasteiger partial charge in [-0.15, -0.1) is 11.6 Å². The molecule has 4 amide bonds. The lowest BCUT2D eigenvalue weighted by atomic mass is 10.1. The van der Waals surface area contributed by atoms with Crippen molar-refractivity contribution in [2.45, 2.75) is 77.0 Å². The van der Waals surface area contributed by atoms with Crippen LogP contribution in [0.5, 0.6) is 11.5 Å². The second-order valence-electron chi connectivity index (χ2n) is 15.6. The fraction of sp³-hybridized carbons (Fsp3) is 0.333. The Morgan fingerprint density at radius 1 is 0.677 bits per heavy atom. The lowest BCUT2D eigenvalue weighted by Crippen LogP contribution is -2.37. The van der Waals surface area contributed by atoms with Gasteiger partial charge in [-0.3, -0.25) is 0 Å². The zero-order chi connectivity index (χ0) is 45.8. The number of rotatable bonds is 10. The van der Waals surface area contributed by atoms with Gasteiger partial charge in [-0.05, 0) is 49.9 Å². The minimum atomic E-state index is -0.130. The Labute approximate surface area is 398 Å². The van der Waals surface area contributed by atoms with Crippen molar-refractivity contribution in [3.63, 3.8) is 0 Å². The summed E-state index contributed by atoms with van der Waals surface area (Å²) >= 11 is 30.5. The number of aromatic nitrogens is 8. The number of nitrogens with zero attached hydrogens (tertiary/aromatic N) is 10. The van der Waals surface area contributed by atoms with Gasteiger partial charge in [-0.1, -0.05) is 46.4 Å². The zero-order valence-corrected chi connectivity index (χ0v) is 38.4. The van der Waals surface area contributed by atoms with Crippen LogP contribution in [0.3, 0.4) is 0 Å². The molecule has 4 aromatic heterocycles. The smallest absolute Gasteiger partial charge is 0.318 e. The number of fused-ring (bicyclic) bond motifs is 2. The Morgan fingerprint density at radius 3 is 1.65 bits per heavy atom.